The van der Waals surface area contributed by atoms with Gasteiger partial charge in [-0.25, -0.2) is 9.96 Å². The van der Waals surface area contributed by atoms with Crippen LogP contribution >= 0.6 is 0 Å². The monoisotopic (exact) mass is 434 g/mol. The highest BCUT2D eigenvalue weighted by Gasteiger charge is 2.60. The number of hydrogen-bond acceptors (Lipinski definition) is 4. The number of anilines is 2. The number of carbonyl (C=O) groups is 2. The van der Waals surface area contributed by atoms with E-state index in [9.17, 15) is 9.59 Å². The summed E-state index contributed by atoms with van der Waals surface area (Å²) in [7, 11) is 0. The number of hydrogen-bond donors (Lipinski definition) is 0. The smallest absolute Gasteiger partial charge is 0.266 e. The van der Waals surface area contributed by atoms with Gasteiger partial charge in [0.1, 0.15) is 5.92 Å². The number of amides is 2. The maximum Gasteiger partial charge on any atom is 0.266 e. The molecule has 0 N–H and O–H groups in total. The van der Waals surface area contributed by atoms with E-state index in [4.69, 9.17) is 4.84 Å². The maximum atomic E-state index is 13.9. The van der Waals surface area contributed by atoms with Gasteiger partial charge in [0, 0.05) is 5.39 Å². The number of benzene rings is 4. The summed E-state index contributed by atoms with van der Waals surface area (Å²) < 4.78 is 0. The van der Waals surface area contributed by atoms with Crippen molar-refractivity contribution in [2.75, 3.05) is 9.96 Å². The minimum atomic E-state index is -0.874. The van der Waals surface area contributed by atoms with Crippen molar-refractivity contribution >= 4 is 34.0 Å². The molecular weight excluding hydrogens is 412 g/mol. The van der Waals surface area contributed by atoms with Crippen molar-refractivity contribution in [3.05, 3.63) is 108 Å². The normalized spacial score (nSPS) is 22.3. The van der Waals surface area contributed by atoms with Crippen molar-refractivity contribution in [1.82, 2.24) is 0 Å². The summed E-state index contributed by atoms with van der Waals surface area (Å²) in [4.78, 5) is 35.1. The first-order chi connectivity index (χ1) is 16.1. The van der Waals surface area contributed by atoms with E-state index < -0.39 is 18.1 Å². The molecule has 0 saturated carbocycles. The Morgan fingerprint density at radius 3 is 2.24 bits per heavy atom. The van der Waals surface area contributed by atoms with Gasteiger partial charge in [-0.15, -0.1) is 0 Å². The van der Waals surface area contributed by atoms with Crippen LogP contribution in [0.15, 0.2) is 97.1 Å². The highest BCUT2D eigenvalue weighted by atomic mass is 16.7. The predicted octanol–water partition coefficient (Wildman–Crippen LogP) is 5.20. The van der Waals surface area contributed by atoms with Gasteiger partial charge in [0.15, 0.2) is 6.10 Å². The van der Waals surface area contributed by atoms with Crippen molar-refractivity contribution in [2.45, 2.75) is 19.1 Å². The van der Waals surface area contributed by atoms with Crippen molar-refractivity contribution in [2.24, 2.45) is 5.92 Å². The molecule has 0 aromatic heterocycles. The Labute approximate surface area is 191 Å². The van der Waals surface area contributed by atoms with Gasteiger partial charge in [0.2, 0.25) is 5.91 Å². The summed E-state index contributed by atoms with van der Waals surface area (Å²) >= 11 is 0. The molecule has 2 fully saturated rings. The third-order valence-electron chi connectivity index (χ3n) is 6.64. The first-order valence-electron chi connectivity index (χ1n) is 11.1. The van der Waals surface area contributed by atoms with Crippen LogP contribution in [0.4, 0.5) is 11.4 Å². The predicted molar refractivity (Wildman–Crippen MR) is 128 cm³/mol. The summed E-state index contributed by atoms with van der Waals surface area (Å²) in [5, 5.41) is 3.59. The van der Waals surface area contributed by atoms with Gasteiger partial charge in [-0.1, -0.05) is 78.9 Å². The summed E-state index contributed by atoms with van der Waals surface area (Å²) in [6, 6.07) is 30.7. The van der Waals surface area contributed by atoms with E-state index in [1.54, 1.807) is 5.06 Å². The summed E-state index contributed by atoms with van der Waals surface area (Å²) in [5.41, 5.74) is 3.46. The van der Waals surface area contributed by atoms with Crippen molar-refractivity contribution in [3.8, 4) is 0 Å². The first-order valence-corrected chi connectivity index (χ1v) is 11.1. The molecule has 2 aliphatic rings. The molecule has 33 heavy (non-hydrogen) atoms. The van der Waals surface area contributed by atoms with Crippen LogP contribution in [0.3, 0.4) is 0 Å². The van der Waals surface area contributed by atoms with Crippen LogP contribution in [0, 0.1) is 12.8 Å². The van der Waals surface area contributed by atoms with Gasteiger partial charge in [-0.2, -0.15) is 0 Å². The highest BCUT2D eigenvalue weighted by molar-refractivity contribution is 6.26. The molecule has 162 valence electrons. The second kappa shape index (κ2) is 7.57. The fourth-order valence-electron chi connectivity index (χ4n) is 5.09. The molecule has 6 rings (SSSR count). The average Bonchev–Trinajstić information content (AvgIpc) is 3.35. The van der Waals surface area contributed by atoms with Gasteiger partial charge in [-0.05, 0) is 41.6 Å². The zero-order valence-electron chi connectivity index (χ0n) is 18.1. The Morgan fingerprint density at radius 1 is 0.727 bits per heavy atom. The topological polar surface area (TPSA) is 49.9 Å². The third kappa shape index (κ3) is 2.97. The first kappa shape index (κ1) is 19.7. The largest absolute Gasteiger partial charge is 0.273 e. The highest BCUT2D eigenvalue weighted by Crippen LogP contribution is 2.48. The van der Waals surface area contributed by atoms with E-state index in [1.807, 2.05) is 104 Å². The van der Waals surface area contributed by atoms with Gasteiger partial charge in [0.25, 0.3) is 5.91 Å². The second-order valence-corrected chi connectivity index (χ2v) is 8.52. The maximum absolute atomic E-state index is 13.9. The van der Waals surface area contributed by atoms with Crippen LogP contribution in [-0.4, -0.2) is 17.9 Å². The van der Waals surface area contributed by atoms with Crippen LogP contribution in [0.25, 0.3) is 10.8 Å². The van der Waals surface area contributed by atoms with E-state index >= 15 is 0 Å². The Kier molecular flexibility index (Phi) is 4.52. The van der Waals surface area contributed by atoms with Crippen molar-refractivity contribution < 1.29 is 14.4 Å². The lowest BCUT2D eigenvalue weighted by Crippen LogP contribution is -2.37. The molecule has 2 saturated heterocycles. The molecule has 0 unspecified atom stereocenters. The number of carbonyl (C=O) groups excluding carboxylic acids is 2. The van der Waals surface area contributed by atoms with Crippen molar-refractivity contribution in [3.63, 3.8) is 0 Å². The number of hydroxylamine groups is 1. The number of para-hydroxylation sites is 1. The number of aryl methyl sites for hydroxylation is 1. The molecule has 0 spiro atoms. The molecule has 3 atom stereocenters. The van der Waals surface area contributed by atoms with Crippen LogP contribution in [0.5, 0.6) is 0 Å². The Hall–Kier alpha value is -3.96. The minimum absolute atomic E-state index is 0.229. The molecule has 0 radical (unpaired) electrons. The Bertz CT molecular complexity index is 1380. The van der Waals surface area contributed by atoms with Crippen LogP contribution in [0.2, 0.25) is 0 Å². The average molecular weight is 434 g/mol. The van der Waals surface area contributed by atoms with E-state index in [-0.39, 0.29) is 11.8 Å². The lowest BCUT2D eigenvalue weighted by atomic mass is 9.88. The Morgan fingerprint density at radius 2 is 1.42 bits per heavy atom. The van der Waals surface area contributed by atoms with Crippen LogP contribution < -0.4 is 9.96 Å². The molecule has 4 aromatic rings. The number of nitrogens with zero attached hydrogens (tertiary/aromatic N) is 2. The van der Waals surface area contributed by atoms with Crippen LogP contribution in [-0.2, 0) is 14.4 Å². The number of rotatable bonds is 3. The van der Waals surface area contributed by atoms with Crippen LogP contribution in [0.1, 0.15) is 17.2 Å². The second-order valence-electron chi connectivity index (χ2n) is 8.52. The van der Waals surface area contributed by atoms with Gasteiger partial charge < -0.3 is 0 Å². The zero-order chi connectivity index (χ0) is 22.5. The summed E-state index contributed by atoms with van der Waals surface area (Å²) in [6.45, 7) is 2.02. The molecule has 0 bridgehead atoms. The molecule has 4 aromatic carbocycles. The van der Waals surface area contributed by atoms with E-state index in [1.165, 1.54) is 4.90 Å². The number of imide groups is 1. The van der Waals surface area contributed by atoms with Crippen molar-refractivity contribution in [1.29, 1.82) is 0 Å². The molecular formula is C28H22N2O3. The lowest BCUT2D eigenvalue weighted by molar-refractivity contribution is -0.126. The lowest BCUT2D eigenvalue weighted by Gasteiger charge is -2.29. The summed E-state index contributed by atoms with van der Waals surface area (Å²) in [6.07, 6.45) is -0.874. The van der Waals surface area contributed by atoms with E-state index in [0.717, 1.165) is 27.6 Å². The number of fused-ring (bicyclic) bond motifs is 2. The molecule has 0 aliphatic carbocycles. The molecule has 2 amide bonds. The minimum Gasteiger partial charge on any atom is -0.273 e. The van der Waals surface area contributed by atoms with Gasteiger partial charge in [-0.3, -0.25) is 14.4 Å². The van der Waals surface area contributed by atoms with Gasteiger partial charge in [0.05, 0.1) is 17.4 Å². The van der Waals surface area contributed by atoms with Gasteiger partial charge >= 0.3 is 0 Å². The SMILES string of the molecule is Cc1ccccc1[C@@H]1[C@H]2C(=O)N(c3cccc4ccccc34)C(=O)[C@H]2ON1c1ccccc1. The fourth-order valence-corrected chi connectivity index (χ4v) is 5.09. The van der Waals surface area contributed by atoms with E-state index in [2.05, 4.69) is 0 Å². The molecule has 2 heterocycles. The van der Waals surface area contributed by atoms with E-state index in [0.29, 0.717) is 5.69 Å². The molecule has 5 nitrogen and oxygen atoms in total. The summed E-state index contributed by atoms with van der Waals surface area (Å²) in [5.74, 6) is -1.19. The fraction of sp³-hybridized carbons (Fsp3) is 0.143. The Balaban J connectivity index is 1.48. The third-order valence-corrected chi connectivity index (χ3v) is 6.64. The zero-order valence-corrected chi connectivity index (χ0v) is 18.1. The molecule has 5 heteroatoms. The standard InChI is InChI=1S/C28H22N2O3/c1-18-10-5-7-15-21(18)25-24-26(33-30(25)20-13-3-2-4-14-20)28(32)29(27(24)31)23-17-9-12-19-11-6-8-16-22(19)23/h2-17,24-26H,1H3/t24-,25-,26+/m1/s1. The molecule has 2 aliphatic heterocycles. The quantitative estimate of drug-likeness (QED) is 0.416.